The molecule has 3 amide bonds. The van der Waals surface area contributed by atoms with Crippen molar-refractivity contribution in [1.29, 1.82) is 0 Å². The first-order valence-electron chi connectivity index (χ1n) is 15.7. The molecule has 0 saturated heterocycles. The van der Waals surface area contributed by atoms with E-state index in [2.05, 4.69) is 21.3 Å². The van der Waals surface area contributed by atoms with E-state index in [1.807, 2.05) is 88.5 Å². The Morgan fingerprint density at radius 1 is 0.652 bits per heavy atom. The van der Waals surface area contributed by atoms with Gasteiger partial charge in [0.05, 0.1) is 18.2 Å². The summed E-state index contributed by atoms with van der Waals surface area (Å²) in [6.07, 6.45) is 1.42. The lowest BCUT2D eigenvalue weighted by Gasteiger charge is -2.24. The van der Waals surface area contributed by atoms with E-state index in [0.29, 0.717) is 19.4 Å². The van der Waals surface area contributed by atoms with Crippen LogP contribution < -0.4 is 21.3 Å². The van der Waals surface area contributed by atoms with E-state index in [1.165, 1.54) is 0 Å². The number of ether oxygens (including phenoxy) is 5. The van der Waals surface area contributed by atoms with Crippen molar-refractivity contribution in [3.8, 4) is 0 Å². The fourth-order valence-electron chi connectivity index (χ4n) is 5.53. The summed E-state index contributed by atoms with van der Waals surface area (Å²) in [5.74, 6) is 0. The largest absolute Gasteiger partial charge is 0.445 e. The van der Waals surface area contributed by atoms with Crippen molar-refractivity contribution in [1.82, 2.24) is 21.3 Å². The second-order valence-corrected chi connectivity index (χ2v) is 12.4. The van der Waals surface area contributed by atoms with Crippen molar-refractivity contribution in [3.05, 3.63) is 71.8 Å². The molecule has 2 aliphatic carbocycles. The molecule has 0 bridgehead atoms. The van der Waals surface area contributed by atoms with Crippen LogP contribution in [-0.4, -0.2) is 81.5 Å². The third-order valence-electron chi connectivity index (χ3n) is 7.76. The van der Waals surface area contributed by atoms with Crippen LogP contribution in [0.25, 0.3) is 0 Å². The fourth-order valence-corrected chi connectivity index (χ4v) is 5.53. The monoisotopic (exact) mass is 642 g/mol. The lowest BCUT2D eigenvalue weighted by molar-refractivity contribution is 0.0391. The third-order valence-corrected chi connectivity index (χ3v) is 7.76. The van der Waals surface area contributed by atoms with E-state index >= 15 is 0 Å². The normalized spacial score (nSPS) is 23.8. The Labute approximate surface area is 272 Å². The van der Waals surface area contributed by atoms with Crippen LogP contribution in [0, 0.1) is 0 Å². The molecule has 0 spiro atoms. The molecule has 0 aromatic heterocycles. The van der Waals surface area contributed by atoms with Gasteiger partial charge in [-0.2, -0.15) is 0 Å². The Kier molecular flexibility index (Phi) is 14.6. The van der Waals surface area contributed by atoms with Gasteiger partial charge in [-0.3, -0.25) is 0 Å². The Hall–Kier alpha value is -3.87. The molecule has 12 heteroatoms. The first-order valence-corrected chi connectivity index (χ1v) is 15.7. The molecule has 2 aromatic rings. The summed E-state index contributed by atoms with van der Waals surface area (Å²) < 4.78 is 26.6. The number of nitrogens with one attached hydrogen (secondary N) is 4. The second-order valence-electron chi connectivity index (χ2n) is 12.4. The van der Waals surface area contributed by atoms with Crippen LogP contribution in [0.4, 0.5) is 14.4 Å². The number of hydrogen-bond acceptors (Lipinski definition) is 9. The highest BCUT2D eigenvalue weighted by molar-refractivity contribution is 5.69. The molecular weight excluding hydrogens is 592 g/mol. The van der Waals surface area contributed by atoms with E-state index in [9.17, 15) is 14.4 Å². The quantitative estimate of drug-likeness (QED) is 0.272. The average molecular weight is 643 g/mol. The molecule has 0 unspecified atom stereocenters. The van der Waals surface area contributed by atoms with E-state index in [1.54, 1.807) is 14.2 Å². The van der Waals surface area contributed by atoms with Gasteiger partial charge in [0.25, 0.3) is 0 Å². The summed E-state index contributed by atoms with van der Waals surface area (Å²) in [4.78, 5) is 35.7. The molecular formula is C34H50N4O8. The summed E-state index contributed by atoms with van der Waals surface area (Å²) in [5.41, 5.74) is 1.34. The maximum absolute atomic E-state index is 12.0. The first-order chi connectivity index (χ1) is 22.0. The number of amides is 3. The van der Waals surface area contributed by atoms with Crippen molar-refractivity contribution in [2.45, 2.75) is 102 Å². The third kappa shape index (κ3) is 12.9. The van der Waals surface area contributed by atoms with Crippen molar-refractivity contribution in [2.75, 3.05) is 21.3 Å². The van der Waals surface area contributed by atoms with Gasteiger partial charge < -0.3 is 45.0 Å². The highest BCUT2D eigenvalue weighted by Gasteiger charge is 2.37. The minimum Gasteiger partial charge on any atom is -0.445 e. The summed E-state index contributed by atoms with van der Waals surface area (Å²) in [5, 5.41) is 11.8. The molecule has 12 nitrogen and oxygen atoms in total. The zero-order valence-electron chi connectivity index (χ0n) is 27.7. The smallest absolute Gasteiger partial charge is 0.407 e. The lowest BCUT2D eigenvalue weighted by atomic mass is 10.2. The number of likely N-dealkylation sites (N-methyl/N-ethyl adjacent to an activating group) is 1. The van der Waals surface area contributed by atoms with Gasteiger partial charge in [0.15, 0.2) is 0 Å². The number of benzene rings is 2. The number of methoxy groups -OCH3 is 2. The van der Waals surface area contributed by atoms with Gasteiger partial charge in [0.2, 0.25) is 0 Å². The van der Waals surface area contributed by atoms with E-state index < -0.39 is 17.8 Å². The van der Waals surface area contributed by atoms with Crippen LogP contribution >= 0.6 is 0 Å². The van der Waals surface area contributed by atoms with Gasteiger partial charge in [-0.05, 0) is 64.6 Å². The first kappa shape index (κ1) is 36.6. The van der Waals surface area contributed by atoms with Crippen molar-refractivity contribution < 1.29 is 38.1 Å². The Balaban J connectivity index is 0.000000259. The van der Waals surface area contributed by atoms with Crippen LogP contribution in [0.2, 0.25) is 0 Å². The molecule has 4 rings (SSSR count). The van der Waals surface area contributed by atoms with E-state index in [-0.39, 0.29) is 49.1 Å². The highest BCUT2D eigenvalue weighted by Crippen LogP contribution is 2.24. The minimum absolute atomic E-state index is 0.0978. The molecule has 6 atom stereocenters. The molecule has 2 fully saturated rings. The Morgan fingerprint density at radius 3 is 1.48 bits per heavy atom. The molecule has 2 aromatic carbocycles. The molecule has 0 heterocycles. The van der Waals surface area contributed by atoms with E-state index in [4.69, 9.17) is 23.7 Å². The summed E-state index contributed by atoms with van der Waals surface area (Å²) >= 11 is 0. The predicted molar refractivity (Wildman–Crippen MR) is 173 cm³/mol. The van der Waals surface area contributed by atoms with Crippen LogP contribution in [0.3, 0.4) is 0 Å². The number of carbonyl (C=O) groups excluding carboxylic acids is 3. The van der Waals surface area contributed by atoms with E-state index in [0.717, 1.165) is 24.0 Å². The fraction of sp³-hybridized carbons (Fsp3) is 0.559. The summed E-state index contributed by atoms with van der Waals surface area (Å²) in [7, 11) is 5.20. The van der Waals surface area contributed by atoms with Gasteiger partial charge in [-0.1, -0.05) is 60.7 Å². The molecule has 46 heavy (non-hydrogen) atoms. The lowest BCUT2D eigenvalue weighted by Crippen LogP contribution is -2.43. The molecule has 4 N–H and O–H groups in total. The standard InChI is InChI=1S/C19H28N2O5.C15H22N2O3/c1-19(2,3)26-18(23)21-15-10-14(11-16(15)24-4)20-17(22)25-12-13-8-6-5-7-9-13;1-16-13-8-12(9-14(13)19-2)17-15(18)20-10-11-6-4-3-5-7-11/h5-9,14-16H,10-12H2,1-4H3,(H,20,22)(H,21,23);3-7,12-14,16H,8-10H2,1-2H3,(H,17,18)/t14-,15+,16-;12-,13+,14-/m11/s1. The van der Waals surface area contributed by atoms with Gasteiger partial charge in [-0.25, -0.2) is 14.4 Å². The van der Waals surface area contributed by atoms with Crippen molar-refractivity contribution in [3.63, 3.8) is 0 Å². The highest BCUT2D eigenvalue weighted by atomic mass is 16.6. The second kappa shape index (κ2) is 18.3. The molecule has 2 saturated carbocycles. The van der Waals surface area contributed by atoms with Gasteiger partial charge in [-0.15, -0.1) is 0 Å². The topological polar surface area (TPSA) is 145 Å². The number of hydrogen-bond donors (Lipinski definition) is 4. The zero-order chi connectivity index (χ0) is 33.5. The van der Waals surface area contributed by atoms with Gasteiger partial charge >= 0.3 is 18.3 Å². The van der Waals surface area contributed by atoms with Crippen LogP contribution in [0.5, 0.6) is 0 Å². The maximum Gasteiger partial charge on any atom is 0.407 e. The number of carbonyl (C=O) groups is 3. The Bertz CT molecular complexity index is 1200. The van der Waals surface area contributed by atoms with Crippen molar-refractivity contribution >= 4 is 18.3 Å². The molecule has 2 aliphatic rings. The molecule has 0 radical (unpaired) electrons. The SMILES string of the molecule is CN[C@H]1C[C@@H](NC(=O)OCc2ccccc2)C[C@H]1OC.CO[C@@H]1C[C@H](NC(=O)OCc2ccccc2)C[C@@H]1NC(=O)OC(C)(C)C. The van der Waals surface area contributed by atoms with Gasteiger partial charge in [0, 0.05) is 32.3 Å². The minimum atomic E-state index is -0.565. The summed E-state index contributed by atoms with van der Waals surface area (Å²) in [6, 6.07) is 19.1. The predicted octanol–water partition coefficient (Wildman–Crippen LogP) is 4.66. The van der Waals surface area contributed by atoms with Gasteiger partial charge in [0.1, 0.15) is 18.8 Å². The molecule has 0 aliphatic heterocycles. The van der Waals surface area contributed by atoms with Crippen LogP contribution in [-0.2, 0) is 36.9 Å². The van der Waals surface area contributed by atoms with Crippen LogP contribution in [0.15, 0.2) is 60.7 Å². The maximum atomic E-state index is 12.0. The van der Waals surface area contributed by atoms with Crippen molar-refractivity contribution in [2.24, 2.45) is 0 Å². The average Bonchev–Trinajstić information content (AvgIpc) is 3.61. The molecule has 254 valence electrons. The number of rotatable bonds is 10. The zero-order valence-corrected chi connectivity index (χ0v) is 27.7. The number of alkyl carbamates (subject to hydrolysis) is 3. The summed E-state index contributed by atoms with van der Waals surface area (Å²) in [6.45, 7) is 5.93. The Morgan fingerprint density at radius 2 is 1.09 bits per heavy atom. The van der Waals surface area contributed by atoms with Crippen LogP contribution in [0.1, 0.15) is 57.6 Å².